The molecule has 0 aromatic heterocycles. The van der Waals surface area contributed by atoms with Gasteiger partial charge in [0.25, 0.3) is 0 Å². The van der Waals surface area contributed by atoms with Gasteiger partial charge in [-0.1, -0.05) is 116 Å². The molecule has 0 aliphatic carbocycles. The Hall–Kier alpha value is -1.84. The molecule has 1 rings (SSSR count). The molecule has 0 spiro atoms. The number of hydrogen-bond acceptors (Lipinski definition) is 2. The molecule has 0 aliphatic heterocycles. The molecule has 0 atom stereocenters. The average Bonchev–Trinajstić information content (AvgIpc) is 2.77. The fourth-order valence-electron chi connectivity index (χ4n) is 4.62. The van der Waals surface area contributed by atoms with Crippen LogP contribution in [0.1, 0.15) is 148 Å². The number of carboxylic acids is 2. The van der Waals surface area contributed by atoms with Crippen LogP contribution in [0.2, 0.25) is 0 Å². The molecule has 1 aromatic rings. The van der Waals surface area contributed by atoms with Crippen LogP contribution in [0.15, 0.2) is 12.1 Å². The van der Waals surface area contributed by atoms with Crippen molar-refractivity contribution in [2.24, 2.45) is 0 Å². The first-order valence-electron chi connectivity index (χ1n) is 13.1. The minimum Gasteiger partial charge on any atom is -0.478 e. The van der Waals surface area contributed by atoms with Crippen molar-refractivity contribution in [2.45, 2.75) is 129 Å². The maximum Gasteiger partial charge on any atom is 0.336 e. The van der Waals surface area contributed by atoms with Crippen LogP contribution < -0.4 is 0 Å². The van der Waals surface area contributed by atoms with Crippen LogP contribution in [-0.2, 0) is 12.8 Å². The smallest absolute Gasteiger partial charge is 0.336 e. The van der Waals surface area contributed by atoms with Gasteiger partial charge in [0, 0.05) is 0 Å². The molecular formula is C28H46O4. The van der Waals surface area contributed by atoms with Crippen molar-refractivity contribution in [1.29, 1.82) is 0 Å². The predicted octanol–water partition coefficient (Wildman–Crippen LogP) is 8.45. The lowest BCUT2D eigenvalue weighted by Crippen LogP contribution is -2.13. The topological polar surface area (TPSA) is 74.6 Å². The maximum atomic E-state index is 11.6. The second-order valence-electron chi connectivity index (χ2n) is 9.14. The van der Waals surface area contributed by atoms with Gasteiger partial charge in [-0.25, -0.2) is 9.59 Å². The van der Waals surface area contributed by atoms with Gasteiger partial charge in [0.15, 0.2) is 0 Å². The van der Waals surface area contributed by atoms with Crippen molar-refractivity contribution in [3.8, 4) is 0 Å². The van der Waals surface area contributed by atoms with Crippen LogP contribution >= 0.6 is 0 Å². The second-order valence-corrected chi connectivity index (χ2v) is 9.14. The number of aryl methyl sites for hydroxylation is 1. The van der Waals surface area contributed by atoms with Crippen molar-refractivity contribution in [3.05, 3.63) is 34.4 Å². The first-order chi connectivity index (χ1) is 15.5. The van der Waals surface area contributed by atoms with Gasteiger partial charge in [-0.15, -0.1) is 0 Å². The third-order valence-electron chi connectivity index (χ3n) is 6.51. The lowest BCUT2D eigenvalue weighted by atomic mass is 9.91. The van der Waals surface area contributed by atoms with E-state index < -0.39 is 11.9 Å². The number of carboxylic acid groups (broad SMARTS) is 2. The first-order valence-corrected chi connectivity index (χ1v) is 13.1. The van der Waals surface area contributed by atoms with E-state index in [0.717, 1.165) is 24.8 Å². The van der Waals surface area contributed by atoms with Crippen molar-refractivity contribution >= 4 is 11.9 Å². The monoisotopic (exact) mass is 446 g/mol. The molecule has 0 bridgehead atoms. The molecule has 32 heavy (non-hydrogen) atoms. The Morgan fingerprint density at radius 1 is 0.625 bits per heavy atom. The van der Waals surface area contributed by atoms with Crippen LogP contribution in [0.25, 0.3) is 0 Å². The van der Waals surface area contributed by atoms with E-state index in [1.54, 1.807) is 6.07 Å². The molecule has 4 heteroatoms. The molecule has 1 aromatic carbocycles. The molecule has 2 N–H and O–H groups in total. The zero-order valence-corrected chi connectivity index (χ0v) is 20.6. The van der Waals surface area contributed by atoms with E-state index in [9.17, 15) is 19.8 Å². The second kappa shape index (κ2) is 17.7. The summed E-state index contributed by atoms with van der Waals surface area (Å²) in [4.78, 5) is 23.0. The summed E-state index contributed by atoms with van der Waals surface area (Å²) < 4.78 is 0. The fourth-order valence-corrected chi connectivity index (χ4v) is 4.62. The summed E-state index contributed by atoms with van der Waals surface area (Å²) in [7, 11) is 0. The zero-order valence-electron chi connectivity index (χ0n) is 20.6. The lowest BCUT2D eigenvalue weighted by molar-refractivity contribution is 0.0650. The van der Waals surface area contributed by atoms with E-state index >= 15 is 0 Å². The standard InChI is InChI=1S/C28H46O4/c1-3-5-6-7-8-9-10-11-12-13-14-15-16-17-18-19-20-23-21-22-25(27(29)30)26(28(31)32)24(23)4-2/h21-22H,3-20H2,1-2H3,(H,29,30)(H,31,32). The number of benzene rings is 1. The van der Waals surface area contributed by atoms with Gasteiger partial charge in [0.1, 0.15) is 0 Å². The van der Waals surface area contributed by atoms with Crippen molar-refractivity contribution < 1.29 is 19.8 Å². The first kappa shape index (κ1) is 28.2. The Morgan fingerprint density at radius 3 is 1.44 bits per heavy atom. The Morgan fingerprint density at radius 2 is 1.06 bits per heavy atom. The van der Waals surface area contributed by atoms with Crippen molar-refractivity contribution in [2.75, 3.05) is 0 Å². The molecule has 4 nitrogen and oxygen atoms in total. The van der Waals surface area contributed by atoms with Gasteiger partial charge in [0.2, 0.25) is 0 Å². The molecule has 0 fully saturated rings. The van der Waals surface area contributed by atoms with E-state index in [4.69, 9.17) is 0 Å². The average molecular weight is 447 g/mol. The SMILES string of the molecule is CCCCCCCCCCCCCCCCCCc1ccc(C(=O)O)c(C(=O)O)c1CC. The minimum absolute atomic E-state index is 0.0333. The van der Waals surface area contributed by atoms with E-state index in [1.807, 2.05) is 6.92 Å². The maximum absolute atomic E-state index is 11.6. The minimum atomic E-state index is -1.17. The van der Waals surface area contributed by atoms with Crippen LogP contribution in [0.3, 0.4) is 0 Å². The molecule has 0 heterocycles. The van der Waals surface area contributed by atoms with Crippen LogP contribution in [0.4, 0.5) is 0 Å². The van der Waals surface area contributed by atoms with Crippen molar-refractivity contribution in [3.63, 3.8) is 0 Å². The van der Waals surface area contributed by atoms with E-state index in [2.05, 4.69) is 6.92 Å². The van der Waals surface area contributed by atoms with Gasteiger partial charge in [-0.3, -0.25) is 0 Å². The summed E-state index contributed by atoms with van der Waals surface area (Å²) in [5, 5.41) is 18.8. The quantitative estimate of drug-likeness (QED) is 0.197. The number of rotatable bonds is 20. The lowest BCUT2D eigenvalue weighted by Gasteiger charge is -2.13. The summed E-state index contributed by atoms with van der Waals surface area (Å²) >= 11 is 0. The van der Waals surface area contributed by atoms with Gasteiger partial charge >= 0.3 is 11.9 Å². The molecule has 0 saturated carbocycles. The number of carbonyl (C=O) groups is 2. The normalized spacial score (nSPS) is 11.1. The highest BCUT2D eigenvalue weighted by atomic mass is 16.4. The highest BCUT2D eigenvalue weighted by Crippen LogP contribution is 2.23. The van der Waals surface area contributed by atoms with E-state index in [1.165, 1.54) is 96.0 Å². The largest absolute Gasteiger partial charge is 0.478 e. The molecule has 0 amide bonds. The van der Waals surface area contributed by atoms with E-state index in [0.29, 0.717) is 12.0 Å². The molecule has 0 aliphatic rings. The molecule has 0 radical (unpaired) electrons. The van der Waals surface area contributed by atoms with Crippen LogP contribution in [0, 0.1) is 0 Å². The summed E-state index contributed by atoms with van der Waals surface area (Å²) in [5.41, 5.74) is 1.53. The fraction of sp³-hybridized carbons (Fsp3) is 0.714. The zero-order chi connectivity index (χ0) is 23.6. The third-order valence-corrected chi connectivity index (χ3v) is 6.51. The summed E-state index contributed by atoms with van der Waals surface area (Å²) in [6, 6.07) is 3.26. The predicted molar refractivity (Wildman–Crippen MR) is 133 cm³/mol. The van der Waals surface area contributed by atoms with Gasteiger partial charge < -0.3 is 10.2 Å². The Kier molecular flexibility index (Phi) is 15.6. The Balaban J connectivity index is 2.13. The van der Waals surface area contributed by atoms with Crippen LogP contribution in [0.5, 0.6) is 0 Å². The highest BCUT2D eigenvalue weighted by molar-refractivity contribution is 6.03. The number of unbranched alkanes of at least 4 members (excludes halogenated alkanes) is 15. The highest BCUT2D eigenvalue weighted by Gasteiger charge is 2.21. The van der Waals surface area contributed by atoms with Gasteiger partial charge in [-0.2, -0.15) is 0 Å². The van der Waals surface area contributed by atoms with Crippen molar-refractivity contribution in [1.82, 2.24) is 0 Å². The number of hydrogen-bond donors (Lipinski definition) is 2. The van der Waals surface area contributed by atoms with Gasteiger partial charge in [0.05, 0.1) is 11.1 Å². The number of aromatic carboxylic acids is 2. The molecule has 182 valence electrons. The van der Waals surface area contributed by atoms with Gasteiger partial charge in [-0.05, 0) is 36.5 Å². The third kappa shape index (κ3) is 11.2. The molecular weight excluding hydrogens is 400 g/mol. The summed E-state index contributed by atoms with van der Waals surface area (Å²) in [6.07, 6.45) is 22.6. The molecule has 0 unspecified atom stereocenters. The van der Waals surface area contributed by atoms with E-state index in [-0.39, 0.29) is 11.1 Å². The molecule has 0 saturated heterocycles. The summed E-state index contributed by atoms with van der Waals surface area (Å²) in [5.74, 6) is -2.32. The Bertz CT molecular complexity index is 666. The van der Waals surface area contributed by atoms with Crippen LogP contribution in [-0.4, -0.2) is 22.2 Å². The summed E-state index contributed by atoms with van der Waals surface area (Å²) in [6.45, 7) is 4.16. The Labute approximate surface area is 195 Å².